The first-order valence-corrected chi connectivity index (χ1v) is 12.8. The highest BCUT2D eigenvalue weighted by atomic mass is 16.8. The molecule has 5 aliphatic rings. The van der Waals surface area contributed by atoms with Crippen molar-refractivity contribution in [1.82, 2.24) is 0 Å². The van der Waals surface area contributed by atoms with E-state index in [2.05, 4.69) is 20.8 Å². The van der Waals surface area contributed by atoms with Crippen LogP contribution in [0.1, 0.15) is 86.0 Å². The van der Waals surface area contributed by atoms with E-state index in [1.165, 1.54) is 6.92 Å². The Morgan fingerprint density at radius 1 is 1.12 bits per heavy atom. The Morgan fingerprint density at radius 3 is 2.58 bits per heavy atom. The quantitative estimate of drug-likeness (QED) is 0.453. The molecule has 0 aromatic heterocycles. The standard InChI is InChI=1S/C26H38O7/c1-6-8-18(28)31-16-13-26-17(25(5)12-7-11-24(3,4)20(16)25)10-9-15-19(26)22(32-21(15)29)33-23(26)30-14(2)27/h15-17,19-20,22-23H,6-13H2,1-5H3/t15-,16+,17+,19+,20+,22+,23+,25-,26+/m1/s1. The van der Waals surface area contributed by atoms with Gasteiger partial charge in [-0.15, -0.1) is 0 Å². The van der Waals surface area contributed by atoms with Crippen molar-refractivity contribution >= 4 is 17.9 Å². The van der Waals surface area contributed by atoms with E-state index in [9.17, 15) is 14.4 Å². The number of esters is 3. The Balaban J connectivity index is 1.64. The summed E-state index contributed by atoms with van der Waals surface area (Å²) < 4.78 is 23.9. The molecule has 0 radical (unpaired) electrons. The summed E-state index contributed by atoms with van der Waals surface area (Å²) in [6.07, 6.45) is 4.73. The largest absolute Gasteiger partial charge is 0.462 e. The molecule has 2 heterocycles. The molecule has 2 saturated heterocycles. The third-order valence-corrected chi connectivity index (χ3v) is 9.82. The van der Waals surface area contributed by atoms with E-state index in [0.29, 0.717) is 12.8 Å². The van der Waals surface area contributed by atoms with Crippen LogP contribution < -0.4 is 0 Å². The van der Waals surface area contributed by atoms with Gasteiger partial charge in [-0.25, -0.2) is 0 Å². The van der Waals surface area contributed by atoms with Gasteiger partial charge < -0.3 is 18.9 Å². The predicted octanol–water partition coefficient (Wildman–Crippen LogP) is 4.37. The molecular formula is C26H38O7. The van der Waals surface area contributed by atoms with Crippen LogP contribution in [0.5, 0.6) is 0 Å². The lowest BCUT2D eigenvalue weighted by atomic mass is 9.38. The summed E-state index contributed by atoms with van der Waals surface area (Å²) in [4.78, 5) is 37.6. The van der Waals surface area contributed by atoms with Gasteiger partial charge in [-0.1, -0.05) is 34.1 Å². The van der Waals surface area contributed by atoms with E-state index < -0.39 is 24.0 Å². The van der Waals surface area contributed by atoms with Crippen LogP contribution in [0.25, 0.3) is 0 Å². The number of fused-ring (bicyclic) bond motifs is 2. The number of rotatable bonds is 4. The molecule has 0 bridgehead atoms. The zero-order valence-electron chi connectivity index (χ0n) is 20.6. The molecule has 3 aliphatic carbocycles. The van der Waals surface area contributed by atoms with Gasteiger partial charge in [0.05, 0.1) is 5.92 Å². The van der Waals surface area contributed by atoms with Crippen LogP contribution in [0.15, 0.2) is 0 Å². The van der Waals surface area contributed by atoms with Gasteiger partial charge in [0, 0.05) is 30.6 Å². The molecule has 33 heavy (non-hydrogen) atoms. The maximum Gasteiger partial charge on any atom is 0.311 e. The number of carbonyl (C=O) groups excluding carboxylic acids is 3. The van der Waals surface area contributed by atoms with Crippen LogP contribution in [0, 0.1) is 39.9 Å². The molecule has 5 rings (SSSR count). The van der Waals surface area contributed by atoms with Crippen molar-refractivity contribution in [1.29, 1.82) is 0 Å². The third-order valence-electron chi connectivity index (χ3n) is 9.82. The normalized spacial score (nSPS) is 47.1. The minimum atomic E-state index is -0.791. The Kier molecular flexibility index (Phi) is 5.39. The molecule has 2 aliphatic heterocycles. The lowest BCUT2D eigenvalue weighted by Crippen LogP contribution is -2.67. The van der Waals surface area contributed by atoms with Gasteiger partial charge in [0.25, 0.3) is 0 Å². The van der Waals surface area contributed by atoms with Crippen LogP contribution >= 0.6 is 0 Å². The fraction of sp³-hybridized carbons (Fsp3) is 0.885. The predicted molar refractivity (Wildman–Crippen MR) is 117 cm³/mol. The van der Waals surface area contributed by atoms with Gasteiger partial charge in [-0.2, -0.15) is 0 Å². The first-order valence-electron chi connectivity index (χ1n) is 12.8. The topological polar surface area (TPSA) is 88.1 Å². The first kappa shape index (κ1) is 23.1. The lowest BCUT2D eigenvalue weighted by molar-refractivity contribution is -0.273. The van der Waals surface area contributed by atoms with Gasteiger partial charge >= 0.3 is 17.9 Å². The summed E-state index contributed by atoms with van der Waals surface area (Å²) >= 11 is 0. The molecule has 3 saturated carbocycles. The molecule has 0 aromatic rings. The van der Waals surface area contributed by atoms with Gasteiger partial charge in [-0.05, 0) is 55.3 Å². The molecule has 1 spiro atoms. The van der Waals surface area contributed by atoms with Crippen molar-refractivity contribution in [2.24, 2.45) is 39.9 Å². The number of ether oxygens (including phenoxy) is 4. The van der Waals surface area contributed by atoms with Crippen molar-refractivity contribution in [3.05, 3.63) is 0 Å². The van der Waals surface area contributed by atoms with Crippen LogP contribution in [-0.4, -0.2) is 36.6 Å². The molecule has 0 unspecified atom stereocenters. The minimum Gasteiger partial charge on any atom is -0.462 e. The second-order valence-corrected chi connectivity index (χ2v) is 12.1. The highest BCUT2D eigenvalue weighted by Crippen LogP contribution is 2.74. The highest BCUT2D eigenvalue weighted by molar-refractivity contribution is 5.76. The molecule has 7 heteroatoms. The molecule has 0 N–H and O–H groups in total. The Labute approximate surface area is 196 Å². The van der Waals surface area contributed by atoms with Gasteiger partial charge in [0.2, 0.25) is 12.6 Å². The van der Waals surface area contributed by atoms with E-state index in [4.69, 9.17) is 18.9 Å². The molecular weight excluding hydrogens is 424 g/mol. The molecule has 0 aromatic carbocycles. The fourth-order valence-corrected chi connectivity index (χ4v) is 9.13. The summed E-state index contributed by atoms with van der Waals surface area (Å²) in [6, 6.07) is 0. The van der Waals surface area contributed by atoms with Gasteiger partial charge in [-0.3, -0.25) is 14.4 Å². The van der Waals surface area contributed by atoms with Crippen LogP contribution in [-0.2, 0) is 33.3 Å². The molecule has 5 fully saturated rings. The molecule has 7 nitrogen and oxygen atoms in total. The number of carbonyl (C=O) groups is 3. The minimum absolute atomic E-state index is 0.0143. The Hall–Kier alpha value is -1.63. The van der Waals surface area contributed by atoms with E-state index in [1.54, 1.807) is 0 Å². The zero-order chi connectivity index (χ0) is 23.8. The van der Waals surface area contributed by atoms with Gasteiger partial charge in [0.15, 0.2) is 0 Å². The molecule has 9 atom stereocenters. The highest BCUT2D eigenvalue weighted by Gasteiger charge is 2.77. The second-order valence-electron chi connectivity index (χ2n) is 12.1. The lowest BCUT2D eigenvalue weighted by Gasteiger charge is -2.67. The number of hydrogen-bond acceptors (Lipinski definition) is 7. The summed E-state index contributed by atoms with van der Waals surface area (Å²) in [7, 11) is 0. The monoisotopic (exact) mass is 462 g/mol. The fourth-order valence-electron chi connectivity index (χ4n) is 9.13. The molecule has 184 valence electrons. The van der Waals surface area contributed by atoms with E-state index >= 15 is 0 Å². The average Bonchev–Trinajstić information content (AvgIpc) is 3.17. The maximum atomic E-state index is 12.8. The summed E-state index contributed by atoms with van der Waals surface area (Å²) in [6.45, 7) is 10.3. The third kappa shape index (κ3) is 3.20. The van der Waals surface area contributed by atoms with E-state index in [-0.39, 0.29) is 52.5 Å². The second kappa shape index (κ2) is 7.69. The average molecular weight is 463 g/mol. The maximum absolute atomic E-state index is 12.8. The summed E-state index contributed by atoms with van der Waals surface area (Å²) in [5, 5.41) is 0. The SMILES string of the molecule is CCCC(=O)O[C@H]1C[C@]23[C@@H](OC(C)=O)O[C@@H]4OC(=O)[C@H](CC[C@H]2[C@@]2(C)CCCC(C)(C)[C@H]12)[C@@H]43. The van der Waals surface area contributed by atoms with Crippen molar-refractivity contribution in [3.8, 4) is 0 Å². The Bertz CT molecular complexity index is 852. The molecule has 0 amide bonds. The van der Waals surface area contributed by atoms with Gasteiger partial charge in [0.1, 0.15) is 6.10 Å². The Morgan fingerprint density at radius 2 is 1.88 bits per heavy atom. The van der Waals surface area contributed by atoms with E-state index in [0.717, 1.165) is 38.5 Å². The number of hydrogen-bond donors (Lipinski definition) is 0. The van der Waals surface area contributed by atoms with Crippen LogP contribution in [0.2, 0.25) is 0 Å². The summed E-state index contributed by atoms with van der Waals surface area (Å²) in [5.41, 5.74) is -0.702. The van der Waals surface area contributed by atoms with E-state index in [1.807, 2.05) is 6.92 Å². The van der Waals surface area contributed by atoms with Crippen molar-refractivity contribution < 1.29 is 33.3 Å². The van der Waals surface area contributed by atoms with Crippen LogP contribution in [0.4, 0.5) is 0 Å². The zero-order valence-corrected chi connectivity index (χ0v) is 20.6. The first-order chi connectivity index (χ1) is 15.5. The van der Waals surface area contributed by atoms with Crippen molar-refractivity contribution in [2.45, 2.75) is 105 Å². The van der Waals surface area contributed by atoms with Crippen molar-refractivity contribution in [3.63, 3.8) is 0 Å². The smallest absolute Gasteiger partial charge is 0.311 e. The van der Waals surface area contributed by atoms with Crippen molar-refractivity contribution in [2.75, 3.05) is 0 Å². The van der Waals surface area contributed by atoms with Crippen LogP contribution in [0.3, 0.4) is 0 Å². The summed E-state index contributed by atoms with van der Waals surface area (Å²) in [5.74, 6) is -0.828.